The Labute approximate surface area is 195 Å². The van der Waals surface area contributed by atoms with E-state index in [-0.39, 0.29) is 23.7 Å². The Morgan fingerprint density at radius 2 is 1.88 bits per heavy atom. The molecular weight excluding hydrogens is 448 g/mol. The zero-order valence-electron chi connectivity index (χ0n) is 19.4. The van der Waals surface area contributed by atoms with Crippen LogP contribution in [0.5, 0.6) is 0 Å². The highest BCUT2D eigenvalue weighted by Crippen LogP contribution is 2.43. The number of esters is 1. The summed E-state index contributed by atoms with van der Waals surface area (Å²) in [6.45, 7) is 4.57. The van der Waals surface area contributed by atoms with E-state index in [4.69, 9.17) is 0 Å². The van der Waals surface area contributed by atoms with Crippen molar-refractivity contribution in [1.82, 2.24) is 9.88 Å². The third-order valence-corrected chi connectivity index (χ3v) is 6.13. The number of nitrogens with one attached hydrogen (secondary N) is 1. The number of H-pyrrole nitrogens is 1. The van der Waals surface area contributed by atoms with Gasteiger partial charge >= 0.3 is 5.97 Å². The van der Waals surface area contributed by atoms with Crippen LogP contribution in [-0.4, -0.2) is 41.2 Å². The van der Waals surface area contributed by atoms with Crippen LogP contribution >= 0.6 is 0 Å². The standard InChI is InChI=1S/C26H26F4N2O2/c1-14-10-16-22-17(27)6-5-7-20(22)31-24(16)25(32(14)13-26(2,3)30)23-18(28)11-15(12-19(23)29)8-9-21(33)34-4/h5-9,11-12,14,25,31H,10,13H2,1-4H3/b9-8+/t14-,25-/m0/s1. The Morgan fingerprint density at radius 3 is 2.50 bits per heavy atom. The summed E-state index contributed by atoms with van der Waals surface area (Å²) in [6.07, 6.45) is 2.70. The van der Waals surface area contributed by atoms with Gasteiger partial charge in [0.2, 0.25) is 0 Å². The third kappa shape index (κ3) is 4.46. The van der Waals surface area contributed by atoms with Gasteiger partial charge in [-0.05, 0) is 68.7 Å². The number of hydrogen-bond donors (Lipinski definition) is 1. The van der Waals surface area contributed by atoms with Crippen LogP contribution in [0.3, 0.4) is 0 Å². The van der Waals surface area contributed by atoms with E-state index in [0.717, 1.165) is 18.2 Å². The summed E-state index contributed by atoms with van der Waals surface area (Å²) in [7, 11) is 1.20. The number of ether oxygens (including phenoxy) is 1. The van der Waals surface area contributed by atoms with Crippen LogP contribution in [-0.2, 0) is 16.0 Å². The maximum Gasteiger partial charge on any atom is 0.330 e. The summed E-state index contributed by atoms with van der Waals surface area (Å²) in [5, 5.41) is 0.381. The Hall–Kier alpha value is -3.13. The van der Waals surface area contributed by atoms with Crippen molar-refractivity contribution in [2.75, 3.05) is 13.7 Å². The fraction of sp³-hybridized carbons (Fsp3) is 0.346. The number of carbonyl (C=O) groups excluding carboxylic acids is 1. The number of aromatic nitrogens is 1. The molecule has 1 aromatic heterocycles. The van der Waals surface area contributed by atoms with Gasteiger partial charge in [-0.15, -0.1) is 0 Å². The molecule has 0 unspecified atom stereocenters. The van der Waals surface area contributed by atoms with E-state index < -0.39 is 35.1 Å². The normalized spacial score (nSPS) is 19.1. The van der Waals surface area contributed by atoms with Crippen molar-refractivity contribution < 1.29 is 27.1 Å². The number of aromatic amines is 1. The molecule has 1 aliphatic heterocycles. The molecule has 0 amide bonds. The molecule has 3 aromatic rings. The summed E-state index contributed by atoms with van der Waals surface area (Å²) in [5.74, 6) is -2.79. The number of benzene rings is 2. The maximum absolute atomic E-state index is 15.5. The summed E-state index contributed by atoms with van der Waals surface area (Å²) in [6, 6.07) is 5.51. The average Bonchev–Trinajstić information content (AvgIpc) is 3.11. The van der Waals surface area contributed by atoms with Gasteiger partial charge in [-0.1, -0.05) is 6.07 Å². The average molecular weight is 474 g/mol. The Kier molecular flexibility index (Phi) is 6.29. The molecule has 0 aliphatic carbocycles. The van der Waals surface area contributed by atoms with Gasteiger partial charge < -0.3 is 9.72 Å². The number of hydrogen-bond acceptors (Lipinski definition) is 3. The van der Waals surface area contributed by atoms with Crippen molar-refractivity contribution in [2.24, 2.45) is 0 Å². The molecule has 2 aromatic carbocycles. The monoisotopic (exact) mass is 474 g/mol. The first-order valence-corrected chi connectivity index (χ1v) is 11.0. The lowest BCUT2D eigenvalue weighted by molar-refractivity contribution is -0.134. The number of carbonyl (C=O) groups is 1. The largest absolute Gasteiger partial charge is 0.466 e. The molecule has 0 spiro atoms. The van der Waals surface area contributed by atoms with Crippen LogP contribution in [0.4, 0.5) is 17.6 Å². The zero-order chi connectivity index (χ0) is 24.8. The summed E-state index contributed by atoms with van der Waals surface area (Å²) < 4.78 is 65.0. The minimum Gasteiger partial charge on any atom is -0.466 e. The van der Waals surface area contributed by atoms with E-state index in [9.17, 15) is 13.6 Å². The lowest BCUT2D eigenvalue weighted by Crippen LogP contribution is -2.48. The van der Waals surface area contributed by atoms with Gasteiger partial charge in [0, 0.05) is 40.8 Å². The van der Waals surface area contributed by atoms with E-state index in [0.29, 0.717) is 28.6 Å². The quantitative estimate of drug-likeness (QED) is 0.286. The van der Waals surface area contributed by atoms with Crippen molar-refractivity contribution in [1.29, 1.82) is 0 Å². The highest BCUT2D eigenvalue weighted by Gasteiger charge is 2.41. The predicted octanol–water partition coefficient (Wildman–Crippen LogP) is 5.86. The first-order valence-electron chi connectivity index (χ1n) is 11.0. The Bertz CT molecular complexity index is 1250. The molecule has 1 N–H and O–H groups in total. The Morgan fingerprint density at radius 1 is 1.21 bits per heavy atom. The molecule has 0 radical (unpaired) electrons. The molecule has 4 nitrogen and oxygen atoms in total. The second kappa shape index (κ2) is 8.91. The van der Waals surface area contributed by atoms with E-state index in [2.05, 4.69) is 9.72 Å². The summed E-state index contributed by atoms with van der Waals surface area (Å²) in [5.41, 5.74) is -0.183. The van der Waals surface area contributed by atoms with Crippen LogP contribution in [0, 0.1) is 17.5 Å². The van der Waals surface area contributed by atoms with Gasteiger partial charge in [-0.3, -0.25) is 4.90 Å². The maximum atomic E-state index is 15.5. The number of nitrogens with zero attached hydrogens (tertiary/aromatic N) is 1. The molecule has 0 fully saturated rings. The van der Waals surface area contributed by atoms with E-state index in [1.54, 1.807) is 17.0 Å². The Balaban J connectivity index is 1.91. The highest BCUT2D eigenvalue weighted by atomic mass is 19.1. The number of fused-ring (bicyclic) bond motifs is 3. The fourth-order valence-electron chi connectivity index (χ4n) is 4.75. The van der Waals surface area contributed by atoms with Gasteiger partial charge in [-0.25, -0.2) is 22.4 Å². The summed E-state index contributed by atoms with van der Waals surface area (Å²) >= 11 is 0. The third-order valence-electron chi connectivity index (χ3n) is 6.13. The van der Waals surface area contributed by atoms with Crippen molar-refractivity contribution in [3.8, 4) is 0 Å². The van der Waals surface area contributed by atoms with Crippen LogP contribution in [0.1, 0.15) is 49.2 Å². The van der Waals surface area contributed by atoms with Crippen LogP contribution in [0.15, 0.2) is 36.4 Å². The molecule has 0 saturated heterocycles. The first-order chi connectivity index (χ1) is 16.0. The van der Waals surface area contributed by atoms with Gasteiger partial charge in [0.25, 0.3) is 0 Å². The topological polar surface area (TPSA) is 45.3 Å². The van der Waals surface area contributed by atoms with E-state index >= 15 is 8.78 Å². The number of methoxy groups -OCH3 is 1. The van der Waals surface area contributed by atoms with Gasteiger partial charge in [0.1, 0.15) is 23.1 Å². The van der Waals surface area contributed by atoms with E-state index in [1.165, 1.54) is 33.1 Å². The van der Waals surface area contributed by atoms with Gasteiger partial charge in [-0.2, -0.15) is 0 Å². The molecule has 34 heavy (non-hydrogen) atoms. The van der Waals surface area contributed by atoms with Crippen LogP contribution in [0.25, 0.3) is 17.0 Å². The van der Waals surface area contributed by atoms with Crippen molar-refractivity contribution in [3.63, 3.8) is 0 Å². The minimum absolute atomic E-state index is 0.0843. The highest BCUT2D eigenvalue weighted by molar-refractivity contribution is 5.87. The second-order valence-electron chi connectivity index (χ2n) is 9.28. The lowest BCUT2D eigenvalue weighted by Gasteiger charge is -2.43. The van der Waals surface area contributed by atoms with Crippen LogP contribution in [0.2, 0.25) is 0 Å². The molecule has 4 rings (SSSR count). The number of rotatable bonds is 5. The SMILES string of the molecule is COC(=O)/C=C/c1cc(F)c([C@H]2c3[nH]c4cccc(F)c4c3C[C@H](C)N2CC(C)(C)F)c(F)c1. The summed E-state index contributed by atoms with van der Waals surface area (Å²) in [4.78, 5) is 16.2. The van der Waals surface area contributed by atoms with Gasteiger partial charge in [0.15, 0.2) is 0 Å². The molecule has 8 heteroatoms. The number of alkyl halides is 1. The van der Waals surface area contributed by atoms with Crippen molar-refractivity contribution in [3.05, 3.63) is 76.2 Å². The molecular formula is C26H26F4N2O2. The molecule has 180 valence electrons. The van der Waals surface area contributed by atoms with Crippen molar-refractivity contribution >= 4 is 22.9 Å². The van der Waals surface area contributed by atoms with Crippen LogP contribution < -0.4 is 0 Å². The molecule has 1 aliphatic rings. The van der Waals surface area contributed by atoms with Gasteiger partial charge in [0.05, 0.1) is 13.2 Å². The molecule has 0 saturated carbocycles. The molecule has 2 heterocycles. The van der Waals surface area contributed by atoms with E-state index in [1.807, 2.05) is 6.92 Å². The molecule has 0 bridgehead atoms. The molecule has 2 atom stereocenters. The first kappa shape index (κ1) is 24.0. The zero-order valence-corrected chi connectivity index (χ0v) is 19.4. The fourth-order valence-corrected chi connectivity index (χ4v) is 4.75. The smallest absolute Gasteiger partial charge is 0.330 e. The lowest BCUT2D eigenvalue weighted by atomic mass is 9.86. The minimum atomic E-state index is -1.64. The number of halogens is 4. The predicted molar refractivity (Wildman–Crippen MR) is 123 cm³/mol. The van der Waals surface area contributed by atoms with Crippen molar-refractivity contribution in [2.45, 2.75) is 44.9 Å². The second-order valence-corrected chi connectivity index (χ2v) is 9.28.